The van der Waals surface area contributed by atoms with E-state index in [0.29, 0.717) is 6.04 Å². The number of aliphatic hydroxyl groups is 2. The molecule has 0 radical (unpaired) electrons. The van der Waals surface area contributed by atoms with Crippen LogP contribution in [0.1, 0.15) is 13.3 Å². The van der Waals surface area contributed by atoms with Crippen molar-refractivity contribution in [2.24, 2.45) is 0 Å². The summed E-state index contributed by atoms with van der Waals surface area (Å²) in [5.41, 5.74) is 0. The van der Waals surface area contributed by atoms with Crippen molar-refractivity contribution in [3.63, 3.8) is 0 Å². The molecule has 0 saturated heterocycles. The summed E-state index contributed by atoms with van der Waals surface area (Å²) in [6.07, 6.45) is 2.77. The molecule has 0 amide bonds. The molecule has 0 heterocycles. The Kier molecular flexibility index (Phi) is 8.01. The van der Waals surface area contributed by atoms with Gasteiger partial charge in [-0.3, -0.25) is 0 Å². The van der Waals surface area contributed by atoms with Gasteiger partial charge >= 0.3 is 0 Å². The van der Waals surface area contributed by atoms with E-state index >= 15 is 0 Å². The summed E-state index contributed by atoms with van der Waals surface area (Å²) in [6.45, 7) is 3.29. The SMILES string of the molecule is CSC(CO)C(C)NCCCO. The second-order valence-electron chi connectivity index (χ2n) is 2.78. The molecule has 3 N–H and O–H groups in total. The maximum absolute atomic E-state index is 8.94. The summed E-state index contributed by atoms with van der Waals surface area (Å²) in [4.78, 5) is 0. The van der Waals surface area contributed by atoms with Crippen LogP contribution in [0.2, 0.25) is 0 Å². The minimum Gasteiger partial charge on any atom is -0.396 e. The summed E-state index contributed by atoms with van der Waals surface area (Å²) in [5, 5.41) is 21.0. The van der Waals surface area contributed by atoms with Crippen LogP contribution in [0.25, 0.3) is 0 Å². The fourth-order valence-corrected chi connectivity index (χ4v) is 1.63. The molecule has 0 spiro atoms. The Morgan fingerprint density at radius 1 is 1.42 bits per heavy atom. The third-order valence-electron chi connectivity index (χ3n) is 1.84. The van der Waals surface area contributed by atoms with Gasteiger partial charge in [-0.1, -0.05) is 0 Å². The Labute approximate surface area is 78.6 Å². The molecule has 0 aliphatic carbocycles. The van der Waals surface area contributed by atoms with E-state index < -0.39 is 0 Å². The lowest BCUT2D eigenvalue weighted by Crippen LogP contribution is -2.38. The van der Waals surface area contributed by atoms with Gasteiger partial charge in [0.25, 0.3) is 0 Å². The average molecular weight is 193 g/mol. The first-order valence-electron chi connectivity index (χ1n) is 4.24. The molecule has 0 aromatic carbocycles. The van der Waals surface area contributed by atoms with E-state index in [1.165, 1.54) is 0 Å². The first kappa shape index (κ1) is 12.2. The molecule has 0 bridgehead atoms. The van der Waals surface area contributed by atoms with E-state index in [9.17, 15) is 0 Å². The molecule has 0 aliphatic rings. The molecule has 0 rings (SSSR count). The summed E-state index contributed by atoms with van der Waals surface area (Å²) in [6, 6.07) is 0.302. The third-order valence-corrected chi connectivity index (χ3v) is 3.00. The van der Waals surface area contributed by atoms with E-state index in [-0.39, 0.29) is 18.5 Å². The van der Waals surface area contributed by atoms with Crippen molar-refractivity contribution in [2.75, 3.05) is 26.0 Å². The zero-order valence-corrected chi connectivity index (χ0v) is 8.60. The summed E-state index contributed by atoms with van der Waals surface area (Å²) >= 11 is 1.66. The Hall–Kier alpha value is 0.230. The quantitative estimate of drug-likeness (QED) is 0.501. The lowest BCUT2D eigenvalue weighted by atomic mass is 10.2. The first-order valence-corrected chi connectivity index (χ1v) is 5.53. The zero-order valence-electron chi connectivity index (χ0n) is 7.79. The van der Waals surface area contributed by atoms with Gasteiger partial charge in [0.05, 0.1) is 6.61 Å². The van der Waals surface area contributed by atoms with Gasteiger partial charge in [-0.25, -0.2) is 0 Å². The fraction of sp³-hybridized carbons (Fsp3) is 1.00. The third kappa shape index (κ3) is 4.98. The van der Waals surface area contributed by atoms with Crippen molar-refractivity contribution >= 4 is 11.8 Å². The van der Waals surface area contributed by atoms with Crippen LogP contribution in [-0.4, -0.2) is 47.5 Å². The van der Waals surface area contributed by atoms with Gasteiger partial charge in [-0.15, -0.1) is 0 Å². The Balaban J connectivity index is 3.47. The normalized spacial score (nSPS) is 16.0. The Morgan fingerprint density at radius 2 is 2.08 bits per heavy atom. The minimum atomic E-state index is 0.203. The second kappa shape index (κ2) is 7.86. The highest BCUT2D eigenvalue weighted by Crippen LogP contribution is 2.09. The molecule has 0 aliphatic heterocycles. The number of hydrogen-bond donors (Lipinski definition) is 3. The van der Waals surface area contributed by atoms with Crippen LogP contribution in [0.15, 0.2) is 0 Å². The van der Waals surface area contributed by atoms with Crippen molar-refractivity contribution in [1.82, 2.24) is 5.32 Å². The fourth-order valence-electron chi connectivity index (χ4n) is 0.977. The predicted octanol–water partition coefficient (Wildman–Crippen LogP) is 0.0708. The van der Waals surface area contributed by atoms with E-state index in [4.69, 9.17) is 10.2 Å². The van der Waals surface area contributed by atoms with Crippen LogP contribution in [0.4, 0.5) is 0 Å². The predicted molar refractivity (Wildman–Crippen MR) is 53.6 cm³/mol. The lowest BCUT2D eigenvalue weighted by molar-refractivity contribution is 0.266. The molecule has 3 nitrogen and oxygen atoms in total. The van der Waals surface area contributed by atoms with E-state index in [1.54, 1.807) is 11.8 Å². The summed E-state index contributed by atoms with van der Waals surface area (Å²) in [5.74, 6) is 0. The zero-order chi connectivity index (χ0) is 9.40. The lowest BCUT2D eigenvalue weighted by Gasteiger charge is -2.20. The summed E-state index contributed by atoms with van der Waals surface area (Å²) < 4.78 is 0. The van der Waals surface area contributed by atoms with Gasteiger partial charge in [-0.05, 0) is 26.1 Å². The van der Waals surface area contributed by atoms with Crippen molar-refractivity contribution in [1.29, 1.82) is 0 Å². The molecule has 2 unspecified atom stereocenters. The number of thioether (sulfide) groups is 1. The largest absolute Gasteiger partial charge is 0.396 e. The Morgan fingerprint density at radius 3 is 2.50 bits per heavy atom. The molecule has 0 aromatic heterocycles. The van der Waals surface area contributed by atoms with E-state index in [2.05, 4.69) is 12.2 Å². The highest BCUT2D eigenvalue weighted by Gasteiger charge is 2.13. The number of hydrogen-bond acceptors (Lipinski definition) is 4. The molecule has 4 heteroatoms. The molecule has 2 atom stereocenters. The van der Waals surface area contributed by atoms with Crippen LogP contribution in [-0.2, 0) is 0 Å². The number of aliphatic hydroxyl groups excluding tert-OH is 2. The van der Waals surface area contributed by atoms with Gasteiger partial charge in [0.15, 0.2) is 0 Å². The molecular weight excluding hydrogens is 174 g/mol. The molecule has 0 fully saturated rings. The van der Waals surface area contributed by atoms with Crippen LogP contribution >= 0.6 is 11.8 Å². The maximum Gasteiger partial charge on any atom is 0.0564 e. The topological polar surface area (TPSA) is 52.5 Å². The van der Waals surface area contributed by atoms with Gasteiger partial charge in [0, 0.05) is 17.9 Å². The molecule has 12 heavy (non-hydrogen) atoms. The van der Waals surface area contributed by atoms with Crippen LogP contribution < -0.4 is 5.32 Å². The van der Waals surface area contributed by atoms with E-state index in [0.717, 1.165) is 13.0 Å². The highest BCUT2D eigenvalue weighted by molar-refractivity contribution is 7.99. The second-order valence-corrected chi connectivity index (χ2v) is 3.85. The minimum absolute atomic E-state index is 0.203. The monoisotopic (exact) mass is 193 g/mol. The van der Waals surface area contributed by atoms with Crippen LogP contribution in [0.5, 0.6) is 0 Å². The van der Waals surface area contributed by atoms with Gasteiger partial charge < -0.3 is 15.5 Å². The van der Waals surface area contributed by atoms with Gasteiger partial charge in [-0.2, -0.15) is 11.8 Å². The average Bonchev–Trinajstić information content (AvgIpc) is 2.07. The highest BCUT2D eigenvalue weighted by atomic mass is 32.2. The smallest absolute Gasteiger partial charge is 0.0564 e. The Bertz CT molecular complexity index is 99.1. The van der Waals surface area contributed by atoms with Crippen molar-refractivity contribution in [3.8, 4) is 0 Å². The molecule has 0 aromatic rings. The number of nitrogens with one attached hydrogen (secondary N) is 1. The van der Waals surface area contributed by atoms with E-state index in [1.807, 2.05) is 6.26 Å². The van der Waals surface area contributed by atoms with Crippen molar-refractivity contribution in [3.05, 3.63) is 0 Å². The van der Waals surface area contributed by atoms with Gasteiger partial charge in [0.1, 0.15) is 0 Å². The van der Waals surface area contributed by atoms with Gasteiger partial charge in [0.2, 0.25) is 0 Å². The first-order chi connectivity index (χ1) is 5.76. The maximum atomic E-state index is 8.94. The molecular formula is C8H19NO2S. The summed E-state index contributed by atoms with van der Waals surface area (Å²) in [7, 11) is 0. The van der Waals surface area contributed by atoms with Crippen LogP contribution in [0.3, 0.4) is 0 Å². The standard InChI is InChI=1S/C8H19NO2S/c1-7(8(6-11)12-2)9-4-3-5-10/h7-11H,3-6H2,1-2H3. The van der Waals surface area contributed by atoms with Crippen molar-refractivity contribution < 1.29 is 10.2 Å². The molecule has 0 saturated carbocycles. The molecule has 74 valence electrons. The van der Waals surface area contributed by atoms with Crippen molar-refractivity contribution in [2.45, 2.75) is 24.6 Å². The van der Waals surface area contributed by atoms with Crippen LogP contribution in [0, 0.1) is 0 Å². The number of rotatable bonds is 7.